The highest BCUT2D eigenvalue weighted by atomic mass is 16.5. The number of piperidine rings is 2. The summed E-state index contributed by atoms with van der Waals surface area (Å²) in [7, 11) is 1.67. The van der Waals surface area contributed by atoms with Gasteiger partial charge in [-0.1, -0.05) is 30.3 Å². The van der Waals surface area contributed by atoms with Crippen LogP contribution in [0.1, 0.15) is 60.1 Å². The van der Waals surface area contributed by atoms with Crippen LogP contribution in [-0.2, 0) is 6.42 Å². The second-order valence-electron chi connectivity index (χ2n) is 10.7. The molecule has 5 nitrogen and oxygen atoms in total. The van der Waals surface area contributed by atoms with Gasteiger partial charge in [0.15, 0.2) is 0 Å². The molecule has 1 amide bonds. The van der Waals surface area contributed by atoms with Crippen molar-refractivity contribution in [3.05, 3.63) is 71.4 Å². The molecule has 0 saturated carbocycles. The lowest BCUT2D eigenvalue weighted by molar-refractivity contribution is 0.0572. The van der Waals surface area contributed by atoms with Gasteiger partial charge in [-0.15, -0.1) is 0 Å². The molecule has 0 radical (unpaired) electrons. The number of ether oxygens (including phenoxy) is 1. The van der Waals surface area contributed by atoms with Crippen molar-refractivity contribution in [1.82, 2.24) is 14.8 Å². The minimum absolute atomic E-state index is 0.139. The summed E-state index contributed by atoms with van der Waals surface area (Å²) in [4.78, 5) is 21.6. The number of allylic oxidation sites excluding steroid dienone is 2. The molecule has 0 unspecified atom stereocenters. The molecule has 1 aliphatic carbocycles. The summed E-state index contributed by atoms with van der Waals surface area (Å²) in [6, 6.07) is 17.2. The zero-order valence-corrected chi connectivity index (χ0v) is 21.3. The first-order valence-corrected chi connectivity index (χ1v) is 13.7. The van der Waals surface area contributed by atoms with E-state index in [0.29, 0.717) is 17.7 Å². The van der Waals surface area contributed by atoms with E-state index in [-0.39, 0.29) is 5.91 Å². The van der Waals surface area contributed by atoms with Crippen LogP contribution >= 0.6 is 0 Å². The molecular weight excluding hydrogens is 446 g/mol. The number of likely N-dealkylation sites (tertiary alicyclic amines) is 2. The first-order chi connectivity index (χ1) is 17.7. The van der Waals surface area contributed by atoms with Crippen LogP contribution < -0.4 is 4.74 Å². The van der Waals surface area contributed by atoms with E-state index in [1.807, 2.05) is 24.3 Å². The fourth-order valence-corrected chi connectivity index (χ4v) is 6.57. The highest BCUT2D eigenvalue weighted by molar-refractivity contribution is 5.98. The van der Waals surface area contributed by atoms with Gasteiger partial charge in [-0.05, 0) is 98.9 Å². The number of aromatic nitrogens is 1. The Labute approximate surface area is 214 Å². The maximum Gasteiger partial charge on any atom is 0.270 e. The summed E-state index contributed by atoms with van der Waals surface area (Å²) >= 11 is 0. The Morgan fingerprint density at radius 2 is 1.89 bits per heavy atom. The number of carbonyl (C=O) groups excluding carboxylic acids is 1. The minimum atomic E-state index is 0.139. The average molecular weight is 484 g/mol. The molecule has 3 heterocycles. The molecule has 3 aliphatic rings. The molecule has 1 N–H and O–H groups in total. The Balaban J connectivity index is 1.06. The number of hydrogen-bond donors (Lipinski definition) is 1. The number of nitrogens with zero attached hydrogens (tertiary/aromatic N) is 2. The first kappa shape index (κ1) is 23.4. The van der Waals surface area contributed by atoms with Crippen LogP contribution in [-0.4, -0.2) is 60.0 Å². The summed E-state index contributed by atoms with van der Waals surface area (Å²) in [6.45, 7) is 4.27. The number of aromatic amines is 1. The van der Waals surface area contributed by atoms with Crippen LogP contribution in [0.15, 0.2) is 54.6 Å². The molecule has 1 aromatic heterocycles. The van der Waals surface area contributed by atoms with E-state index in [1.165, 1.54) is 30.4 Å². The molecule has 2 aliphatic heterocycles. The zero-order chi connectivity index (χ0) is 24.5. The molecular formula is C31H37N3O2. The molecule has 1 atom stereocenters. The summed E-state index contributed by atoms with van der Waals surface area (Å²) in [5.74, 6) is 1.63. The first-order valence-electron chi connectivity index (χ1n) is 13.7. The van der Waals surface area contributed by atoms with Crippen LogP contribution in [0, 0.1) is 5.92 Å². The second kappa shape index (κ2) is 10.1. The number of carbonyl (C=O) groups is 1. The average Bonchev–Trinajstić information content (AvgIpc) is 3.56. The number of amides is 1. The van der Waals surface area contributed by atoms with Gasteiger partial charge in [-0.3, -0.25) is 4.79 Å². The molecule has 2 saturated heterocycles. The maximum absolute atomic E-state index is 13.5. The van der Waals surface area contributed by atoms with Crippen LogP contribution in [0.5, 0.6) is 5.75 Å². The zero-order valence-electron chi connectivity index (χ0n) is 21.3. The predicted molar refractivity (Wildman–Crippen MR) is 145 cm³/mol. The van der Waals surface area contributed by atoms with Gasteiger partial charge in [0.25, 0.3) is 5.91 Å². The Hall–Kier alpha value is -3.05. The van der Waals surface area contributed by atoms with Crippen molar-refractivity contribution < 1.29 is 9.53 Å². The van der Waals surface area contributed by atoms with Gasteiger partial charge >= 0.3 is 0 Å². The topological polar surface area (TPSA) is 48.6 Å². The largest absolute Gasteiger partial charge is 0.497 e. The van der Waals surface area contributed by atoms with E-state index in [9.17, 15) is 4.79 Å². The van der Waals surface area contributed by atoms with Crippen LogP contribution in [0.3, 0.4) is 0 Å². The second-order valence-corrected chi connectivity index (χ2v) is 10.7. The monoisotopic (exact) mass is 483 g/mol. The van der Waals surface area contributed by atoms with Crippen LogP contribution in [0.4, 0.5) is 0 Å². The molecule has 2 fully saturated rings. The van der Waals surface area contributed by atoms with E-state index in [4.69, 9.17) is 4.74 Å². The molecule has 0 bridgehead atoms. The van der Waals surface area contributed by atoms with E-state index in [1.54, 1.807) is 12.7 Å². The molecule has 36 heavy (non-hydrogen) atoms. The smallest absolute Gasteiger partial charge is 0.270 e. The summed E-state index contributed by atoms with van der Waals surface area (Å²) in [5.41, 5.74) is 6.21. The summed E-state index contributed by atoms with van der Waals surface area (Å²) in [5, 5.41) is 1.05. The SMILES string of the molecule is COc1ccc2cc(C(=O)N3CCCC[C@H]3CCN3CCC(C4=CCc5ccccc54)CC3)[nH]c2c1. The van der Waals surface area contributed by atoms with Crippen LogP contribution in [0.2, 0.25) is 0 Å². The van der Waals surface area contributed by atoms with E-state index < -0.39 is 0 Å². The third-order valence-electron chi connectivity index (χ3n) is 8.62. The number of rotatable bonds is 6. The molecule has 188 valence electrons. The Morgan fingerprint density at radius 1 is 1.03 bits per heavy atom. The number of H-pyrrole nitrogens is 1. The van der Waals surface area contributed by atoms with Gasteiger partial charge in [0.05, 0.1) is 7.11 Å². The van der Waals surface area contributed by atoms with Crippen molar-refractivity contribution in [3.63, 3.8) is 0 Å². The van der Waals surface area contributed by atoms with Crippen molar-refractivity contribution >= 4 is 22.4 Å². The third kappa shape index (κ3) is 4.57. The maximum atomic E-state index is 13.5. The van der Waals surface area contributed by atoms with Crippen LogP contribution in [0.25, 0.3) is 16.5 Å². The Bertz CT molecular complexity index is 1270. The number of methoxy groups -OCH3 is 1. The van der Waals surface area contributed by atoms with Crippen molar-refractivity contribution in [2.75, 3.05) is 33.3 Å². The molecule has 2 aromatic carbocycles. The quantitative estimate of drug-likeness (QED) is 0.474. The standard InChI is InChI=1S/C31H37N3O2/c1-36-26-11-9-24-20-30(32-29(24)21-26)31(35)34-16-5-4-7-25(34)15-19-33-17-13-23(14-18-33)28-12-10-22-6-2-3-8-27(22)28/h2-3,6,8-9,11-12,20-21,23,25,32H,4-5,7,10,13-19H2,1H3/t25-/m0/s1. The van der Waals surface area contributed by atoms with Gasteiger partial charge in [-0.2, -0.15) is 0 Å². The lowest BCUT2D eigenvalue weighted by atomic mass is 9.86. The Kier molecular flexibility index (Phi) is 6.58. The summed E-state index contributed by atoms with van der Waals surface area (Å²) in [6.07, 6.45) is 10.5. The third-order valence-corrected chi connectivity index (χ3v) is 8.62. The number of benzene rings is 2. The highest BCUT2D eigenvalue weighted by Crippen LogP contribution is 2.38. The highest BCUT2D eigenvalue weighted by Gasteiger charge is 2.30. The van der Waals surface area contributed by atoms with Crippen molar-refractivity contribution in [3.8, 4) is 5.75 Å². The molecule has 6 rings (SSSR count). The van der Waals surface area contributed by atoms with Gasteiger partial charge < -0.3 is 19.5 Å². The molecule has 5 heteroatoms. The number of hydrogen-bond acceptors (Lipinski definition) is 3. The van der Waals surface area contributed by atoms with E-state index in [0.717, 1.165) is 68.5 Å². The summed E-state index contributed by atoms with van der Waals surface area (Å²) < 4.78 is 5.34. The van der Waals surface area contributed by atoms with E-state index in [2.05, 4.69) is 45.1 Å². The number of fused-ring (bicyclic) bond motifs is 2. The van der Waals surface area contributed by atoms with Gasteiger partial charge in [-0.25, -0.2) is 0 Å². The minimum Gasteiger partial charge on any atom is -0.497 e. The fourth-order valence-electron chi connectivity index (χ4n) is 6.57. The van der Waals surface area contributed by atoms with E-state index >= 15 is 0 Å². The van der Waals surface area contributed by atoms with Crippen molar-refractivity contribution in [2.24, 2.45) is 5.92 Å². The van der Waals surface area contributed by atoms with Crippen molar-refractivity contribution in [1.29, 1.82) is 0 Å². The van der Waals surface area contributed by atoms with Gasteiger partial charge in [0, 0.05) is 36.1 Å². The molecule has 3 aromatic rings. The van der Waals surface area contributed by atoms with Gasteiger partial charge in [0.2, 0.25) is 0 Å². The molecule has 0 spiro atoms. The predicted octanol–water partition coefficient (Wildman–Crippen LogP) is 5.91. The fraction of sp³-hybridized carbons (Fsp3) is 0.452. The van der Waals surface area contributed by atoms with Crippen molar-refractivity contribution in [2.45, 2.75) is 51.0 Å². The number of nitrogens with one attached hydrogen (secondary N) is 1. The Morgan fingerprint density at radius 3 is 2.75 bits per heavy atom. The lowest BCUT2D eigenvalue weighted by Crippen LogP contribution is -2.46. The van der Waals surface area contributed by atoms with Gasteiger partial charge in [0.1, 0.15) is 11.4 Å². The normalized spacial score (nSPS) is 21.0. The lowest BCUT2D eigenvalue weighted by Gasteiger charge is -2.38.